The average Bonchev–Trinajstić information content (AvgIpc) is 2.84. The highest BCUT2D eigenvalue weighted by molar-refractivity contribution is 6.32. The molecule has 0 atom stereocenters. The molecule has 3 nitrogen and oxygen atoms in total. The van der Waals surface area contributed by atoms with Crippen molar-refractivity contribution in [2.75, 3.05) is 12.1 Å². The number of aryl methyl sites for hydroxylation is 1. The molecule has 0 aromatic heterocycles. The number of halogens is 2. The minimum absolute atomic E-state index is 0.190. The molecule has 0 saturated carbocycles. The summed E-state index contributed by atoms with van der Waals surface area (Å²) in [5, 5.41) is 3.69. The van der Waals surface area contributed by atoms with Gasteiger partial charge in [-0.25, -0.2) is 4.39 Å². The van der Waals surface area contributed by atoms with Crippen LogP contribution in [-0.4, -0.2) is 6.79 Å². The van der Waals surface area contributed by atoms with Crippen LogP contribution in [0.25, 0.3) is 0 Å². The van der Waals surface area contributed by atoms with Gasteiger partial charge in [0.25, 0.3) is 0 Å². The molecule has 1 heterocycles. The molecule has 0 aliphatic carbocycles. The Labute approximate surface area is 121 Å². The lowest BCUT2D eigenvalue weighted by molar-refractivity contribution is 0.174. The molecule has 5 heteroatoms. The van der Waals surface area contributed by atoms with Crippen LogP contribution in [0.1, 0.15) is 11.1 Å². The van der Waals surface area contributed by atoms with E-state index in [0.717, 1.165) is 16.8 Å². The van der Waals surface area contributed by atoms with Crippen molar-refractivity contribution in [2.24, 2.45) is 0 Å². The number of hydrogen-bond acceptors (Lipinski definition) is 3. The quantitative estimate of drug-likeness (QED) is 0.923. The van der Waals surface area contributed by atoms with Crippen molar-refractivity contribution in [1.82, 2.24) is 0 Å². The largest absolute Gasteiger partial charge is 0.454 e. The highest BCUT2D eigenvalue weighted by Crippen LogP contribution is 2.39. The van der Waals surface area contributed by atoms with Crippen LogP contribution in [0.2, 0.25) is 5.02 Å². The fourth-order valence-electron chi connectivity index (χ4n) is 2.17. The zero-order valence-corrected chi connectivity index (χ0v) is 11.6. The van der Waals surface area contributed by atoms with Crippen molar-refractivity contribution in [3.8, 4) is 11.5 Å². The number of fused-ring (bicyclic) bond motifs is 1. The molecule has 1 N–H and O–H groups in total. The Morgan fingerprint density at radius 2 is 2.05 bits per heavy atom. The SMILES string of the molecule is Cc1cc(F)cc(NCc2cc(Cl)c3c(c2)OCO3)c1. The molecule has 1 aliphatic rings. The first kappa shape index (κ1) is 13.1. The van der Waals surface area contributed by atoms with Gasteiger partial charge in [-0.15, -0.1) is 0 Å². The van der Waals surface area contributed by atoms with E-state index in [-0.39, 0.29) is 12.6 Å². The van der Waals surface area contributed by atoms with Gasteiger partial charge in [0.1, 0.15) is 5.82 Å². The summed E-state index contributed by atoms with van der Waals surface area (Å²) in [6.07, 6.45) is 0. The minimum Gasteiger partial charge on any atom is -0.454 e. The van der Waals surface area contributed by atoms with Gasteiger partial charge in [0.15, 0.2) is 11.5 Å². The molecule has 2 aromatic carbocycles. The Balaban J connectivity index is 1.77. The predicted molar refractivity (Wildman–Crippen MR) is 76.0 cm³/mol. The van der Waals surface area contributed by atoms with Crippen LogP contribution < -0.4 is 14.8 Å². The van der Waals surface area contributed by atoms with E-state index in [9.17, 15) is 4.39 Å². The summed E-state index contributed by atoms with van der Waals surface area (Å²) in [6, 6.07) is 8.52. The Hall–Kier alpha value is -1.94. The maximum Gasteiger partial charge on any atom is 0.231 e. The van der Waals surface area contributed by atoms with E-state index in [1.54, 1.807) is 0 Å². The number of nitrogens with one attached hydrogen (secondary N) is 1. The van der Waals surface area contributed by atoms with Crippen LogP contribution in [0, 0.1) is 12.7 Å². The zero-order chi connectivity index (χ0) is 14.1. The van der Waals surface area contributed by atoms with Gasteiger partial charge in [0.05, 0.1) is 5.02 Å². The first-order chi connectivity index (χ1) is 9.61. The maximum absolute atomic E-state index is 13.3. The second kappa shape index (κ2) is 5.21. The van der Waals surface area contributed by atoms with Crippen LogP contribution in [0.3, 0.4) is 0 Å². The lowest BCUT2D eigenvalue weighted by atomic mass is 10.1. The van der Waals surface area contributed by atoms with Gasteiger partial charge in [-0.3, -0.25) is 0 Å². The maximum atomic E-state index is 13.3. The fourth-order valence-corrected chi connectivity index (χ4v) is 2.45. The van der Waals surface area contributed by atoms with Gasteiger partial charge in [0.2, 0.25) is 6.79 Å². The second-order valence-corrected chi connectivity index (χ2v) is 5.09. The molecule has 0 unspecified atom stereocenters. The molecule has 3 rings (SSSR count). The molecule has 0 radical (unpaired) electrons. The number of rotatable bonds is 3. The third kappa shape index (κ3) is 2.65. The van der Waals surface area contributed by atoms with E-state index in [1.807, 2.05) is 25.1 Å². The molecular weight excluding hydrogens is 281 g/mol. The normalized spacial score (nSPS) is 12.6. The van der Waals surface area contributed by atoms with Gasteiger partial charge in [-0.05, 0) is 48.4 Å². The third-order valence-corrected chi connectivity index (χ3v) is 3.31. The molecule has 0 bridgehead atoms. The fraction of sp³-hybridized carbons (Fsp3) is 0.200. The van der Waals surface area contributed by atoms with Gasteiger partial charge < -0.3 is 14.8 Å². The molecule has 1 aliphatic heterocycles. The summed E-state index contributed by atoms with van der Waals surface area (Å²) >= 11 is 6.11. The molecule has 0 fully saturated rings. The zero-order valence-electron chi connectivity index (χ0n) is 10.9. The van der Waals surface area contributed by atoms with Crippen LogP contribution in [0.15, 0.2) is 30.3 Å². The van der Waals surface area contributed by atoms with Crippen molar-refractivity contribution >= 4 is 17.3 Å². The first-order valence-electron chi connectivity index (χ1n) is 6.21. The second-order valence-electron chi connectivity index (χ2n) is 4.68. The standard InChI is InChI=1S/C15H13ClFNO2/c1-9-2-11(17)6-12(3-9)18-7-10-4-13(16)15-14(5-10)19-8-20-15/h2-6,18H,7-8H2,1H3. The predicted octanol–water partition coefficient (Wildman–Crippen LogP) is 4.13. The Morgan fingerprint density at radius 1 is 1.20 bits per heavy atom. The Bertz CT molecular complexity index is 640. The van der Waals surface area contributed by atoms with Crippen molar-refractivity contribution in [1.29, 1.82) is 0 Å². The van der Waals surface area contributed by atoms with E-state index < -0.39 is 0 Å². The van der Waals surface area contributed by atoms with Crippen molar-refractivity contribution in [2.45, 2.75) is 13.5 Å². The van der Waals surface area contributed by atoms with Crippen molar-refractivity contribution in [3.63, 3.8) is 0 Å². The number of benzene rings is 2. The highest BCUT2D eigenvalue weighted by atomic mass is 35.5. The van der Waals surface area contributed by atoms with Crippen LogP contribution in [0.5, 0.6) is 11.5 Å². The Morgan fingerprint density at radius 3 is 2.85 bits per heavy atom. The van der Waals surface area contributed by atoms with E-state index >= 15 is 0 Å². The number of ether oxygens (including phenoxy) is 2. The summed E-state index contributed by atoms with van der Waals surface area (Å²) in [4.78, 5) is 0. The summed E-state index contributed by atoms with van der Waals surface area (Å²) in [7, 11) is 0. The summed E-state index contributed by atoms with van der Waals surface area (Å²) in [5.74, 6) is 0.970. The number of hydrogen-bond donors (Lipinski definition) is 1. The van der Waals surface area contributed by atoms with E-state index in [4.69, 9.17) is 21.1 Å². The van der Waals surface area contributed by atoms with E-state index in [2.05, 4.69) is 5.32 Å². The van der Waals surface area contributed by atoms with E-state index in [1.165, 1.54) is 12.1 Å². The van der Waals surface area contributed by atoms with Crippen LogP contribution >= 0.6 is 11.6 Å². The first-order valence-corrected chi connectivity index (χ1v) is 6.59. The Kier molecular flexibility index (Phi) is 3.40. The van der Waals surface area contributed by atoms with Crippen LogP contribution in [0.4, 0.5) is 10.1 Å². The van der Waals surface area contributed by atoms with Crippen molar-refractivity contribution in [3.05, 3.63) is 52.3 Å². The summed E-state index contributed by atoms with van der Waals surface area (Å²) < 4.78 is 23.9. The third-order valence-electron chi connectivity index (χ3n) is 3.03. The minimum atomic E-state index is -0.254. The monoisotopic (exact) mass is 293 g/mol. The molecular formula is C15H13ClFNO2. The lowest BCUT2D eigenvalue weighted by Gasteiger charge is -2.09. The van der Waals surface area contributed by atoms with Gasteiger partial charge in [-0.1, -0.05) is 11.6 Å². The molecule has 0 saturated heterocycles. The van der Waals surface area contributed by atoms with Gasteiger partial charge >= 0.3 is 0 Å². The van der Waals surface area contributed by atoms with Crippen LogP contribution in [-0.2, 0) is 6.54 Å². The summed E-state index contributed by atoms with van der Waals surface area (Å²) in [6.45, 7) is 2.57. The lowest BCUT2D eigenvalue weighted by Crippen LogP contribution is -2.00. The highest BCUT2D eigenvalue weighted by Gasteiger charge is 2.18. The smallest absolute Gasteiger partial charge is 0.231 e. The topological polar surface area (TPSA) is 30.5 Å². The summed E-state index contributed by atoms with van der Waals surface area (Å²) in [5.41, 5.74) is 2.55. The van der Waals surface area contributed by atoms with Gasteiger partial charge in [0, 0.05) is 12.2 Å². The molecule has 20 heavy (non-hydrogen) atoms. The average molecular weight is 294 g/mol. The van der Waals surface area contributed by atoms with Crippen molar-refractivity contribution < 1.29 is 13.9 Å². The van der Waals surface area contributed by atoms with Gasteiger partial charge in [-0.2, -0.15) is 0 Å². The molecule has 0 spiro atoms. The van der Waals surface area contributed by atoms with E-state index in [0.29, 0.717) is 23.1 Å². The molecule has 0 amide bonds. The molecule has 104 valence electrons. The molecule has 2 aromatic rings. The number of anilines is 1.